The average Bonchev–Trinajstić information content (AvgIpc) is 3.32. The van der Waals surface area contributed by atoms with Gasteiger partial charge < -0.3 is 33.7 Å². The molecule has 2 aliphatic heterocycles. The Kier molecular flexibility index (Phi) is 5.17. The predicted molar refractivity (Wildman–Crippen MR) is 109 cm³/mol. The van der Waals surface area contributed by atoms with E-state index in [1.165, 1.54) is 14.2 Å². The molecule has 0 unspecified atom stereocenters. The smallest absolute Gasteiger partial charge is 0.348 e. The number of esters is 1. The number of phenolic OH excluding ortho intramolecular Hbond substituents is 1. The van der Waals surface area contributed by atoms with Gasteiger partial charge >= 0.3 is 5.97 Å². The fraction of sp³-hybridized carbons (Fsp3) is 0.318. The number of carbonyl (C=O) groups excluding carboxylic acids is 1. The summed E-state index contributed by atoms with van der Waals surface area (Å²) in [5.74, 6) is 1.26. The number of fused-ring (bicyclic) bond motifs is 2. The molecule has 2 aromatic carbocycles. The second kappa shape index (κ2) is 7.79. The lowest BCUT2D eigenvalue weighted by molar-refractivity contribution is 0.0713. The van der Waals surface area contributed by atoms with E-state index < -0.39 is 5.97 Å². The third-order valence-electron chi connectivity index (χ3n) is 5.08. The minimum absolute atomic E-state index is 0.0452. The number of likely N-dealkylation sites (N-methyl/N-ethyl adjacent to an activating group) is 1. The van der Waals surface area contributed by atoms with E-state index in [9.17, 15) is 9.90 Å². The van der Waals surface area contributed by atoms with E-state index in [-0.39, 0.29) is 23.9 Å². The van der Waals surface area contributed by atoms with E-state index >= 15 is 0 Å². The van der Waals surface area contributed by atoms with Gasteiger partial charge in [0.25, 0.3) is 0 Å². The fourth-order valence-electron chi connectivity index (χ4n) is 3.58. The number of methoxy groups -OCH3 is 2. The molecular formula is C22H23NO7. The Hall–Kier alpha value is -3.39. The van der Waals surface area contributed by atoms with E-state index in [2.05, 4.69) is 0 Å². The largest absolute Gasteiger partial charge is 0.504 e. The Balaban J connectivity index is 1.84. The van der Waals surface area contributed by atoms with Crippen molar-refractivity contribution in [2.75, 3.05) is 41.7 Å². The topological polar surface area (TPSA) is 86.7 Å². The van der Waals surface area contributed by atoms with Crippen molar-refractivity contribution in [3.63, 3.8) is 0 Å². The molecule has 0 amide bonds. The van der Waals surface area contributed by atoms with Crippen molar-refractivity contribution in [2.45, 2.75) is 6.42 Å². The van der Waals surface area contributed by atoms with Gasteiger partial charge in [0, 0.05) is 17.7 Å². The van der Waals surface area contributed by atoms with Crippen LogP contribution in [0.3, 0.4) is 0 Å². The van der Waals surface area contributed by atoms with Gasteiger partial charge in [-0.2, -0.15) is 0 Å². The standard InChI is InChI=1S/C22H23NO7/c1-23(2)8-7-12-9-17-21(29-11-28-17)19(24)14(12)10-16-13-5-6-15(26-3)20(27-4)18(13)22(25)30-16/h5-6,9-10,24H,7-8,11H2,1-4H3. The Morgan fingerprint density at radius 3 is 2.70 bits per heavy atom. The lowest BCUT2D eigenvalue weighted by Gasteiger charge is -2.14. The number of nitrogens with zero attached hydrogens (tertiary/aromatic N) is 1. The highest BCUT2D eigenvalue weighted by atomic mass is 16.7. The fourth-order valence-corrected chi connectivity index (χ4v) is 3.58. The van der Waals surface area contributed by atoms with Crippen molar-refractivity contribution in [1.82, 2.24) is 4.90 Å². The molecule has 8 nitrogen and oxygen atoms in total. The highest BCUT2D eigenvalue weighted by Crippen LogP contribution is 2.47. The van der Waals surface area contributed by atoms with Gasteiger partial charge in [-0.05, 0) is 50.4 Å². The molecule has 2 aliphatic rings. The molecule has 2 heterocycles. The van der Waals surface area contributed by atoms with Crippen molar-refractivity contribution in [2.24, 2.45) is 0 Å². The van der Waals surface area contributed by atoms with Crippen LogP contribution in [0.4, 0.5) is 0 Å². The summed E-state index contributed by atoms with van der Waals surface area (Å²) in [6.07, 6.45) is 2.31. The van der Waals surface area contributed by atoms with Gasteiger partial charge in [-0.3, -0.25) is 0 Å². The van der Waals surface area contributed by atoms with Crippen LogP contribution in [0.25, 0.3) is 11.8 Å². The normalized spacial score (nSPS) is 15.5. The zero-order valence-corrected chi connectivity index (χ0v) is 17.3. The Morgan fingerprint density at radius 1 is 1.20 bits per heavy atom. The Morgan fingerprint density at radius 2 is 2.00 bits per heavy atom. The second-order valence-electron chi connectivity index (χ2n) is 7.21. The minimum atomic E-state index is -0.540. The average molecular weight is 413 g/mol. The van der Waals surface area contributed by atoms with E-state index in [0.717, 1.165) is 12.1 Å². The molecule has 0 fully saturated rings. The van der Waals surface area contributed by atoms with Gasteiger partial charge in [0.05, 0.1) is 14.2 Å². The molecule has 4 rings (SSSR count). The summed E-state index contributed by atoms with van der Waals surface area (Å²) in [6.45, 7) is 0.807. The van der Waals surface area contributed by atoms with Crippen LogP contribution >= 0.6 is 0 Å². The molecule has 158 valence electrons. The number of aromatic hydroxyl groups is 1. The van der Waals surface area contributed by atoms with Gasteiger partial charge in [-0.25, -0.2) is 4.79 Å². The molecule has 0 saturated heterocycles. The highest BCUT2D eigenvalue weighted by Gasteiger charge is 2.33. The summed E-state index contributed by atoms with van der Waals surface area (Å²) >= 11 is 0. The summed E-state index contributed by atoms with van der Waals surface area (Å²) < 4.78 is 27.0. The van der Waals surface area contributed by atoms with E-state index in [0.29, 0.717) is 40.6 Å². The van der Waals surface area contributed by atoms with Crippen LogP contribution in [-0.2, 0) is 11.2 Å². The predicted octanol–water partition coefficient (Wildman–Crippen LogP) is 2.91. The Labute approximate surface area is 174 Å². The van der Waals surface area contributed by atoms with Gasteiger partial charge in [0.15, 0.2) is 23.0 Å². The second-order valence-corrected chi connectivity index (χ2v) is 7.21. The molecule has 0 saturated carbocycles. The number of hydrogen-bond donors (Lipinski definition) is 1. The van der Waals surface area contributed by atoms with Crippen LogP contribution in [0.1, 0.15) is 27.0 Å². The first kappa shape index (κ1) is 19.9. The third kappa shape index (κ3) is 3.29. The molecular weight excluding hydrogens is 390 g/mol. The molecule has 0 bridgehead atoms. The SMILES string of the molecule is COc1ccc2c(c1OC)C(=O)OC2=Cc1c(CCN(C)C)cc2c(c1O)OCO2. The van der Waals surface area contributed by atoms with Gasteiger partial charge in [0.2, 0.25) is 12.5 Å². The number of carbonyl (C=O) groups is 1. The number of ether oxygens (including phenoxy) is 5. The molecule has 1 N–H and O–H groups in total. The van der Waals surface area contributed by atoms with Crippen LogP contribution in [0.2, 0.25) is 0 Å². The summed E-state index contributed by atoms with van der Waals surface area (Å²) in [6, 6.07) is 5.29. The maximum atomic E-state index is 12.6. The molecule has 0 radical (unpaired) electrons. The molecule has 2 aromatic rings. The van der Waals surface area contributed by atoms with Crippen molar-refractivity contribution < 1.29 is 33.6 Å². The van der Waals surface area contributed by atoms with E-state index in [1.807, 2.05) is 25.1 Å². The first-order valence-corrected chi connectivity index (χ1v) is 9.43. The van der Waals surface area contributed by atoms with Crippen molar-refractivity contribution in [1.29, 1.82) is 0 Å². The summed E-state index contributed by atoms with van der Waals surface area (Å²) in [5, 5.41) is 10.9. The van der Waals surface area contributed by atoms with Crippen LogP contribution in [0.5, 0.6) is 28.7 Å². The molecule has 0 atom stereocenters. The molecule has 0 aromatic heterocycles. The molecule has 0 spiro atoms. The maximum absolute atomic E-state index is 12.6. The van der Waals surface area contributed by atoms with E-state index in [1.54, 1.807) is 18.2 Å². The van der Waals surface area contributed by atoms with Crippen LogP contribution < -0.4 is 18.9 Å². The zero-order valence-electron chi connectivity index (χ0n) is 17.3. The monoisotopic (exact) mass is 413 g/mol. The lowest BCUT2D eigenvalue weighted by atomic mass is 9.99. The van der Waals surface area contributed by atoms with Crippen LogP contribution in [0.15, 0.2) is 18.2 Å². The molecule has 0 aliphatic carbocycles. The lowest BCUT2D eigenvalue weighted by Crippen LogP contribution is -2.15. The summed E-state index contributed by atoms with van der Waals surface area (Å²) in [4.78, 5) is 14.6. The maximum Gasteiger partial charge on any atom is 0.348 e. The van der Waals surface area contributed by atoms with Crippen molar-refractivity contribution in [3.05, 3.63) is 40.5 Å². The van der Waals surface area contributed by atoms with Crippen molar-refractivity contribution >= 4 is 17.8 Å². The number of cyclic esters (lactones) is 1. The van der Waals surface area contributed by atoms with Crippen LogP contribution in [-0.4, -0.2) is 57.6 Å². The number of phenols is 1. The summed E-state index contributed by atoms with van der Waals surface area (Å²) in [5.41, 5.74) is 2.22. The number of hydrogen-bond acceptors (Lipinski definition) is 8. The third-order valence-corrected chi connectivity index (χ3v) is 5.08. The quantitative estimate of drug-likeness (QED) is 0.724. The van der Waals surface area contributed by atoms with E-state index in [4.69, 9.17) is 23.7 Å². The first-order valence-electron chi connectivity index (χ1n) is 9.43. The van der Waals surface area contributed by atoms with Gasteiger partial charge in [0.1, 0.15) is 11.3 Å². The summed E-state index contributed by atoms with van der Waals surface area (Å²) in [7, 11) is 6.92. The highest BCUT2D eigenvalue weighted by molar-refractivity contribution is 6.08. The van der Waals surface area contributed by atoms with Crippen LogP contribution in [0, 0.1) is 0 Å². The first-order chi connectivity index (χ1) is 14.4. The minimum Gasteiger partial charge on any atom is -0.504 e. The molecule has 30 heavy (non-hydrogen) atoms. The van der Waals surface area contributed by atoms with Crippen molar-refractivity contribution in [3.8, 4) is 28.7 Å². The zero-order chi connectivity index (χ0) is 21.4. The van der Waals surface area contributed by atoms with Gasteiger partial charge in [-0.15, -0.1) is 0 Å². The Bertz CT molecular complexity index is 1040. The number of benzene rings is 2. The van der Waals surface area contributed by atoms with Gasteiger partial charge in [-0.1, -0.05) is 0 Å². The molecule has 8 heteroatoms. The number of rotatable bonds is 6.